The Bertz CT molecular complexity index is 1650. The van der Waals surface area contributed by atoms with Gasteiger partial charge in [-0.1, -0.05) is 18.2 Å². The second kappa shape index (κ2) is 9.59. The van der Waals surface area contributed by atoms with Gasteiger partial charge in [0.15, 0.2) is 0 Å². The topological polar surface area (TPSA) is 106 Å². The van der Waals surface area contributed by atoms with Gasteiger partial charge in [0, 0.05) is 18.1 Å². The van der Waals surface area contributed by atoms with Gasteiger partial charge in [0.25, 0.3) is 9.84 Å². The molecule has 2 N–H and O–H groups in total. The molecule has 2 atom stereocenters. The van der Waals surface area contributed by atoms with Crippen LogP contribution >= 0.6 is 0 Å². The summed E-state index contributed by atoms with van der Waals surface area (Å²) in [5.74, 6) is -0.380. The van der Waals surface area contributed by atoms with E-state index in [1.54, 1.807) is 13.1 Å². The van der Waals surface area contributed by atoms with Crippen LogP contribution in [-0.2, 0) is 9.84 Å². The summed E-state index contributed by atoms with van der Waals surface area (Å²) in [7, 11) is -5.55. The molecule has 0 saturated carbocycles. The van der Waals surface area contributed by atoms with E-state index in [1.807, 2.05) is 30.3 Å². The maximum atomic E-state index is 13.9. The van der Waals surface area contributed by atoms with Crippen LogP contribution in [0.4, 0.5) is 13.2 Å². The SMILES string of the molecule is Cc1c(O)n(-c2ccc(S(=O)(=O)C(F)(F)F)cc2)c(=O)n1C(c1ccnc2ccccc12)C1CCCNC1. The molecule has 1 saturated heterocycles. The monoisotopic (exact) mass is 546 g/mol. The normalized spacial score (nSPS) is 17.5. The molecule has 0 bridgehead atoms. The van der Waals surface area contributed by atoms with E-state index < -0.39 is 32.0 Å². The molecule has 2 unspecified atom stereocenters. The predicted molar refractivity (Wildman–Crippen MR) is 135 cm³/mol. The Morgan fingerprint density at radius 3 is 2.47 bits per heavy atom. The molecule has 38 heavy (non-hydrogen) atoms. The van der Waals surface area contributed by atoms with Crippen LogP contribution < -0.4 is 11.0 Å². The van der Waals surface area contributed by atoms with Crippen molar-refractivity contribution in [3.63, 3.8) is 0 Å². The zero-order valence-electron chi connectivity index (χ0n) is 20.3. The van der Waals surface area contributed by atoms with Crippen molar-refractivity contribution in [1.29, 1.82) is 0 Å². The largest absolute Gasteiger partial charge is 0.501 e. The van der Waals surface area contributed by atoms with Gasteiger partial charge in [-0.05, 0) is 74.2 Å². The lowest BCUT2D eigenvalue weighted by Gasteiger charge is -2.33. The van der Waals surface area contributed by atoms with Crippen LogP contribution in [0.3, 0.4) is 0 Å². The zero-order valence-corrected chi connectivity index (χ0v) is 21.1. The number of aromatic hydroxyl groups is 1. The highest BCUT2D eigenvalue weighted by atomic mass is 32.2. The number of benzene rings is 2. The second-order valence-corrected chi connectivity index (χ2v) is 11.2. The average Bonchev–Trinajstić information content (AvgIpc) is 3.12. The van der Waals surface area contributed by atoms with Gasteiger partial charge < -0.3 is 10.4 Å². The third-order valence-electron chi connectivity index (χ3n) is 7.07. The number of nitrogens with zero attached hydrogens (tertiary/aromatic N) is 3. The molecule has 2 aromatic carbocycles. The fourth-order valence-electron chi connectivity index (χ4n) is 5.21. The van der Waals surface area contributed by atoms with E-state index in [9.17, 15) is 31.5 Å². The maximum absolute atomic E-state index is 13.9. The van der Waals surface area contributed by atoms with Crippen molar-refractivity contribution < 1.29 is 26.7 Å². The Labute approximate surface area is 216 Å². The Morgan fingerprint density at radius 2 is 1.82 bits per heavy atom. The van der Waals surface area contributed by atoms with Crippen molar-refractivity contribution in [2.45, 2.75) is 36.2 Å². The molecule has 2 aromatic heterocycles. The first-order valence-electron chi connectivity index (χ1n) is 12.0. The molecule has 5 rings (SSSR count). The van der Waals surface area contributed by atoms with Crippen molar-refractivity contribution in [1.82, 2.24) is 19.4 Å². The number of para-hydroxylation sites is 1. The number of halogens is 3. The Hall–Kier alpha value is -3.64. The Balaban J connectivity index is 1.67. The van der Waals surface area contributed by atoms with Crippen LogP contribution in [-0.4, -0.2) is 46.2 Å². The van der Waals surface area contributed by atoms with Crippen LogP contribution in [0.2, 0.25) is 0 Å². The minimum Gasteiger partial charge on any atom is -0.493 e. The number of pyridine rings is 1. The number of nitrogens with one attached hydrogen (secondary N) is 1. The average molecular weight is 547 g/mol. The number of aromatic nitrogens is 3. The number of fused-ring (bicyclic) bond motifs is 1. The highest BCUT2D eigenvalue weighted by Crippen LogP contribution is 2.37. The third-order valence-corrected chi connectivity index (χ3v) is 8.57. The lowest BCUT2D eigenvalue weighted by Crippen LogP contribution is -2.39. The molecule has 0 radical (unpaired) electrons. The summed E-state index contributed by atoms with van der Waals surface area (Å²) in [6, 6.07) is 12.6. The van der Waals surface area contributed by atoms with E-state index in [4.69, 9.17) is 0 Å². The van der Waals surface area contributed by atoms with Gasteiger partial charge in [-0.15, -0.1) is 0 Å². The molecule has 3 heterocycles. The first kappa shape index (κ1) is 26.0. The lowest BCUT2D eigenvalue weighted by atomic mass is 9.85. The fourth-order valence-corrected chi connectivity index (χ4v) is 5.97. The second-order valence-electron chi connectivity index (χ2n) is 9.31. The smallest absolute Gasteiger partial charge is 0.493 e. The standard InChI is InChI=1S/C26H25F3N4O4S/c1-16-24(34)33(18-8-10-19(11-9-18)38(36,37)26(27,28)29)25(35)32(16)23(17-5-4-13-30-15-17)21-12-14-31-22-7-3-2-6-20(21)22/h2-3,6-12,14,17,23,30,34H,4-5,13,15H2,1H3. The van der Waals surface area contributed by atoms with Crippen LogP contribution in [0.5, 0.6) is 5.88 Å². The molecule has 200 valence electrons. The number of hydrogen-bond acceptors (Lipinski definition) is 6. The predicted octanol–water partition coefficient (Wildman–Crippen LogP) is 4.08. The highest BCUT2D eigenvalue weighted by Gasteiger charge is 2.46. The van der Waals surface area contributed by atoms with Gasteiger partial charge in [0.05, 0.1) is 27.8 Å². The van der Waals surface area contributed by atoms with Gasteiger partial charge in [0.1, 0.15) is 0 Å². The number of sulfone groups is 1. The zero-order chi connectivity index (χ0) is 27.2. The highest BCUT2D eigenvalue weighted by molar-refractivity contribution is 7.92. The van der Waals surface area contributed by atoms with E-state index >= 15 is 0 Å². The van der Waals surface area contributed by atoms with E-state index in [-0.39, 0.29) is 23.2 Å². The third kappa shape index (κ3) is 4.27. The molecule has 0 amide bonds. The van der Waals surface area contributed by atoms with Crippen molar-refractivity contribution in [2.75, 3.05) is 13.1 Å². The van der Waals surface area contributed by atoms with Crippen molar-refractivity contribution in [2.24, 2.45) is 5.92 Å². The van der Waals surface area contributed by atoms with Crippen LogP contribution in [0.1, 0.15) is 30.1 Å². The quantitative estimate of drug-likeness (QED) is 0.391. The molecular formula is C26H25F3N4O4S. The molecule has 1 fully saturated rings. The van der Waals surface area contributed by atoms with Gasteiger partial charge >= 0.3 is 11.2 Å². The van der Waals surface area contributed by atoms with Crippen LogP contribution in [0, 0.1) is 12.8 Å². The molecule has 1 aliphatic heterocycles. The molecule has 0 spiro atoms. The summed E-state index contributed by atoms with van der Waals surface area (Å²) in [6.45, 7) is 3.10. The summed E-state index contributed by atoms with van der Waals surface area (Å²) in [5.41, 5.74) is -4.12. The van der Waals surface area contributed by atoms with Crippen LogP contribution in [0.15, 0.2) is 70.5 Å². The molecule has 8 nitrogen and oxygen atoms in total. The maximum Gasteiger partial charge on any atom is 0.501 e. The first-order valence-corrected chi connectivity index (χ1v) is 13.5. The lowest BCUT2D eigenvalue weighted by molar-refractivity contribution is -0.0436. The molecular weight excluding hydrogens is 521 g/mol. The number of alkyl halides is 3. The number of piperidine rings is 1. The fraction of sp³-hybridized carbons (Fsp3) is 0.308. The number of rotatable bonds is 5. The van der Waals surface area contributed by atoms with Gasteiger partial charge in [-0.2, -0.15) is 13.2 Å². The summed E-state index contributed by atoms with van der Waals surface area (Å²) in [4.78, 5) is 17.4. The van der Waals surface area contributed by atoms with E-state index in [1.165, 1.54) is 4.57 Å². The van der Waals surface area contributed by atoms with Crippen molar-refractivity contribution in [3.05, 3.63) is 82.5 Å². The summed E-state index contributed by atoms with van der Waals surface area (Å²) >= 11 is 0. The Morgan fingerprint density at radius 1 is 1.11 bits per heavy atom. The number of imidazole rings is 1. The van der Waals surface area contributed by atoms with Gasteiger partial charge in [-0.25, -0.2) is 17.8 Å². The molecule has 0 aliphatic carbocycles. The van der Waals surface area contributed by atoms with E-state index in [2.05, 4.69) is 10.3 Å². The molecule has 1 aliphatic rings. The van der Waals surface area contributed by atoms with E-state index in [0.717, 1.165) is 64.7 Å². The summed E-state index contributed by atoms with van der Waals surface area (Å²) in [6.07, 6.45) is 3.41. The first-order chi connectivity index (χ1) is 18.0. The van der Waals surface area contributed by atoms with E-state index in [0.29, 0.717) is 6.54 Å². The minimum absolute atomic E-state index is 0.000473. The van der Waals surface area contributed by atoms with Gasteiger partial charge in [0.2, 0.25) is 5.88 Å². The van der Waals surface area contributed by atoms with Crippen molar-refractivity contribution in [3.8, 4) is 11.6 Å². The van der Waals surface area contributed by atoms with Gasteiger partial charge in [-0.3, -0.25) is 9.55 Å². The Kier molecular flexibility index (Phi) is 6.56. The van der Waals surface area contributed by atoms with Crippen molar-refractivity contribution >= 4 is 20.7 Å². The number of hydrogen-bond donors (Lipinski definition) is 2. The molecule has 4 aromatic rings. The van der Waals surface area contributed by atoms with Crippen LogP contribution in [0.25, 0.3) is 16.6 Å². The summed E-state index contributed by atoms with van der Waals surface area (Å²) < 4.78 is 64.9. The summed E-state index contributed by atoms with van der Waals surface area (Å²) in [5, 5.41) is 15.3. The molecule has 12 heteroatoms. The minimum atomic E-state index is -5.55.